The zero-order valence-corrected chi connectivity index (χ0v) is 14.5. The lowest BCUT2D eigenvalue weighted by molar-refractivity contribution is -0.130. The highest BCUT2D eigenvalue weighted by atomic mass is 16.2. The third kappa shape index (κ3) is 3.68. The molecule has 1 aliphatic rings. The summed E-state index contributed by atoms with van der Waals surface area (Å²) in [5, 5.41) is 6.49. The van der Waals surface area contributed by atoms with E-state index in [1.54, 1.807) is 0 Å². The molecule has 0 aromatic heterocycles. The first-order chi connectivity index (χ1) is 11.6. The van der Waals surface area contributed by atoms with Crippen molar-refractivity contribution >= 4 is 5.91 Å². The first-order valence-electron chi connectivity index (χ1n) is 8.75. The molecule has 2 aromatic rings. The van der Waals surface area contributed by atoms with E-state index in [-0.39, 0.29) is 17.4 Å². The van der Waals surface area contributed by atoms with Crippen molar-refractivity contribution in [1.82, 2.24) is 10.6 Å². The number of nitrogens with one attached hydrogen (secondary N) is 2. The van der Waals surface area contributed by atoms with Crippen molar-refractivity contribution in [2.75, 3.05) is 13.1 Å². The minimum atomic E-state index is -0.334. The van der Waals surface area contributed by atoms with Crippen molar-refractivity contribution < 1.29 is 4.79 Å². The molecule has 0 spiro atoms. The molecule has 24 heavy (non-hydrogen) atoms. The van der Waals surface area contributed by atoms with Crippen LogP contribution in [0, 0.1) is 5.41 Å². The fraction of sp³-hybridized carbons (Fsp3) is 0.381. The Morgan fingerprint density at radius 2 is 1.88 bits per heavy atom. The Hall–Kier alpha value is -2.13. The maximum absolute atomic E-state index is 12.8. The van der Waals surface area contributed by atoms with Crippen molar-refractivity contribution in [2.45, 2.75) is 32.7 Å². The van der Waals surface area contributed by atoms with Gasteiger partial charge in [0.25, 0.3) is 0 Å². The fourth-order valence-corrected chi connectivity index (χ4v) is 3.47. The van der Waals surface area contributed by atoms with Crippen LogP contribution in [0.3, 0.4) is 0 Å². The summed E-state index contributed by atoms with van der Waals surface area (Å²) in [6.07, 6.45) is 1.67. The normalized spacial score (nSPS) is 20.3. The largest absolute Gasteiger partial charge is 0.353 e. The molecule has 1 saturated heterocycles. The Morgan fingerprint density at radius 1 is 1.12 bits per heavy atom. The van der Waals surface area contributed by atoms with Gasteiger partial charge in [0, 0.05) is 12.6 Å². The Morgan fingerprint density at radius 3 is 2.54 bits per heavy atom. The smallest absolute Gasteiger partial charge is 0.228 e. The lowest BCUT2D eigenvalue weighted by Gasteiger charge is -2.28. The van der Waals surface area contributed by atoms with E-state index in [1.807, 2.05) is 19.9 Å². The summed E-state index contributed by atoms with van der Waals surface area (Å²) in [7, 11) is 0. The summed E-state index contributed by atoms with van der Waals surface area (Å²) in [6, 6.07) is 19.1. The summed E-state index contributed by atoms with van der Waals surface area (Å²) < 4.78 is 0. The number of carbonyl (C=O) groups excluding carboxylic acids is 1. The standard InChI is InChI=1S/C21H26N2O/c1-16(2)23-20(24)21(11-12-22-15-21)14-17-7-6-10-19(13-17)18-8-4-3-5-9-18/h3-10,13,16,22H,11-12,14-15H2,1-2H3,(H,23,24). The summed E-state index contributed by atoms with van der Waals surface area (Å²) in [4.78, 5) is 12.8. The van der Waals surface area contributed by atoms with Gasteiger partial charge < -0.3 is 10.6 Å². The van der Waals surface area contributed by atoms with E-state index in [0.29, 0.717) is 0 Å². The molecule has 0 saturated carbocycles. The number of benzene rings is 2. The molecule has 3 nitrogen and oxygen atoms in total. The molecule has 1 heterocycles. The molecule has 3 heteroatoms. The molecular weight excluding hydrogens is 296 g/mol. The van der Waals surface area contributed by atoms with Gasteiger partial charge in [0.05, 0.1) is 5.41 Å². The Bertz CT molecular complexity index is 688. The Labute approximate surface area is 144 Å². The highest BCUT2D eigenvalue weighted by molar-refractivity contribution is 5.84. The maximum atomic E-state index is 12.8. The van der Waals surface area contributed by atoms with Crippen molar-refractivity contribution in [3.63, 3.8) is 0 Å². The Balaban J connectivity index is 1.84. The SMILES string of the molecule is CC(C)NC(=O)C1(Cc2cccc(-c3ccccc3)c2)CCNC1. The molecule has 3 rings (SSSR count). The molecule has 0 bridgehead atoms. The number of rotatable bonds is 5. The lowest BCUT2D eigenvalue weighted by atomic mass is 9.79. The molecule has 0 radical (unpaired) electrons. The van der Waals surface area contributed by atoms with E-state index >= 15 is 0 Å². The van der Waals surface area contributed by atoms with Gasteiger partial charge in [-0.15, -0.1) is 0 Å². The molecule has 1 fully saturated rings. The number of hydrogen-bond acceptors (Lipinski definition) is 2. The zero-order chi connectivity index (χ0) is 17.0. The van der Waals surface area contributed by atoms with E-state index in [4.69, 9.17) is 0 Å². The number of carbonyl (C=O) groups is 1. The summed E-state index contributed by atoms with van der Waals surface area (Å²) in [6.45, 7) is 5.69. The van der Waals surface area contributed by atoms with Gasteiger partial charge in [-0.2, -0.15) is 0 Å². The third-order valence-electron chi connectivity index (χ3n) is 4.72. The minimum Gasteiger partial charge on any atom is -0.353 e. The first kappa shape index (κ1) is 16.7. The van der Waals surface area contributed by atoms with Crippen LogP contribution < -0.4 is 10.6 Å². The number of hydrogen-bond donors (Lipinski definition) is 2. The van der Waals surface area contributed by atoms with Crippen LogP contribution in [-0.4, -0.2) is 25.0 Å². The molecule has 1 aliphatic heterocycles. The van der Waals surface area contributed by atoms with E-state index in [2.05, 4.69) is 59.2 Å². The van der Waals surface area contributed by atoms with Crippen molar-refractivity contribution in [3.8, 4) is 11.1 Å². The second-order valence-electron chi connectivity index (χ2n) is 7.08. The molecule has 1 atom stereocenters. The van der Waals surface area contributed by atoms with E-state index in [1.165, 1.54) is 16.7 Å². The van der Waals surface area contributed by atoms with Crippen LogP contribution in [0.4, 0.5) is 0 Å². The predicted octanol–water partition coefficient (Wildman–Crippen LogP) is 3.40. The van der Waals surface area contributed by atoms with Gasteiger partial charge in [0.1, 0.15) is 0 Å². The van der Waals surface area contributed by atoms with Crippen LogP contribution in [-0.2, 0) is 11.2 Å². The Kier molecular flexibility index (Phi) is 5.00. The molecule has 1 amide bonds. The van der Waals surface area contributed by atoms with Gasteiger partial charge in [-0.3, -0.25) is 4.79 Å². The summed E-state index contributed by atoms with van der Waals surface area (Å²) in [5.74, 6) is 0.174. The van der Waals surface area contributed by atoms with Crippen molar-refractivity contribution in [3.05, 3.63) is 60.2 Å². The summed E-state index contributed by atoms with van der Waals surface area (Å²) >= 11 is 0. The summed E-state index contributed by atoms with van der Waals surface area (Å²) in [5.41, 5.74) is 3.31. The topological polar surface area (TPSA) is 41.1 Å². The second kappa shape index (κ2) is 7.18. The van der Waals surface area contributed by atoms with Crippen LogP contribution in [0.1, 0.15) is 25.8 Å². The molecule has 2 aromatic carbocycles. The molecular formula is C21H26N2O. The van der Waals surface area contributed by atoms with Crippen LogP contribution in [0.15, 0.2) is 54.6 Å². The quantitative estimate of drug-likeness (QED) is 0.886. The van der Waals surface area contributed by atoms with E-state index in [9.17, 15) is 4.79 Å². The average Bonchev–Trinajstić information content (AvgIpc) is 3.05. The van der Waals surface area contributed by atoms with Gasteiger partial charge in [-0.25, -0.2) is 0 Å². The monoisotopic (exact) mass is 322 g/mol. The van der Waals surface area contributed by atoms with Crippen LogP contribution >= 0.6 is 0 Å². The van der Waals surface area contributed by atoms with E-state index < -0.39 is 0 Å². The zero-order valence-electron chi connectivity index (χ0n) is 14.5. The van der Waals surface area contributed by atoms with Crippen LogP contribution in [0.25, 0.3) is 11.1 Å². The van der Waals surface area contributed by atoms with Gasteiger partial charge in [-0.1, -0.05) is 54.6 Å². The van der Waals surface area contributed by atoms with Crippen molar-refractivity contribution in [1.29, 1.82) is 0 Å². The van der Waals surface area contributed by atoms with Gasteiger partial charge in [0.15, 0.2) is 0 Å². The average molecular weight is 322 g/mol. The maximum Gasteiger partial charge on any atom is 0.228 e. The third-order valence-corrected chi connectivity index (χ3v) is 4.72. The first-order valence-corrected chi connectivity index (χ1v) is 8.75. The highest BCUT2D eigenvalue weighted by Crippen LogP contribution is 2.32. The van der Waals surface area contributed by atoms with E-state index in [0.717, 1.165) is 25.9 Å². The van der Waals surface area contributed by atoms with Gasteiger partial charge in [-0.05, 0) is 49.9 Å². The van der Waals surface area contributed by atoms with Gasteiger partial charge in [0.2, 0.25) is 5.91 Å². The van der Waals surface area contributed by atoms with Gasteiger partial charge >= 0.3 is 0 Å². The minimum absolute atomic E-state index is 0.172. The molecule has 126 valence electrons. The fourth-order valence-electron chi connectivity index (χ4n) is 3.47. The molecule has 0 aliphatic carbocycles. The highest BCUT2D eigenvalue weighted by Gasteiger charge is 2.41. The lowest BCUT2D eigenvalue weighted by Crippen LogP contribution is -2.46. The number of amides is 1. The molecule has 2 N–H and O–H groups in total. The van der Waals surface area contributed by atoms with Crippen LogP contribution in [0.5, 0.6) is 0 Å². The predicted molar refractivity (Wildman–Crippen MR) is 98.8 cm³/mol. The van der Waals surface area contributed by atoms with Crippen LogP contribution in [0.2, 0.25) is 0 Å². The second-order valence-corrected chi connectivity index (χ2v) is 7.08. The van der Waals surface area contributed by atoms with Crippen molar-refractivity contribution in [2.24, 2.45) is 5.41 Å². The molecule has 1 unspecified atom stereocenters.